The van der Waals surface area contributed by atoms with Gasteiger partial charge >= 0.3 is 0 Å². The molecule has 1 heterocycles. The van der Waals surface area contributed by atoms with Crippen molar-refractivity contribution in [3.8, 4) is 0 Å². The van der Waals surface area contributed by atoms with Crippen molar-refractivity contribution < 1.29 is 4.79 Å². The number of rotatable bonds is 3. The van der Waals surface area contributed by atoms with Crippen molar-refractivity contribution in [2.45, 2.75) is 20.3 Å². The molecular formula is C17H25N3O. The fourth-order valence-corrected chi connectivity index (χ4v) is 3.06. The molecule has 0 radical (unpaired) electrons. The molecule has 1 amide bonds. The maximum atomic E-state index is 12.0. The van der Waals surface area contributed by atoms with Crippen LogP contribution >= 0.6 is 0 Å². The number of anilines is 2. The van der Waals surface area contributed by atoms with Gasteiger partial charge in [-0.25, -0.2) is 0 Å². The van der Waals surface area contributed by atoms with E-state index in [1.54, 1.807) is 0 Å². The molecule has 1 saturated heterocycles. The Kier molecular flexibility index (Phi) is 3.89. The Labute approximate surface area is 127 Å². The highest BCUT2D eigenvalue weighted by molar-refractivity contribution is 5.94. The van der Waals surface area contributed by atoms with Crippen molar-refractivity contribution >= 4 is 17.3 Å². The third-order valence-electron chi connectivity index (χ3n) is 4.75. The van der Waals surface area contributed by atoms with E-state index in [1.807, 2.05) is 6.07 Å². The molecule has 0 aromatic heterocycles. The van der Waals surface area contributed by atoms with Gasteiger partial charge < -0.3 is 15.1 Å². The molecule has 4 nitrogen and oxygen atoms in total. The summed E-state index contributed by atoms with van der Waals surface area (Å²) in [5, 5.41) is 3.05. The van der Waals surface area contributed by atoms with Crippen LogP contribution in [0.15, 0.2) is 18.2 Å². The van der Waals surface area contributed by atoms with Gasteiger partial charge in [0.25, 0.3) is 0 Å². The van der Waals surface area contributed by atoms with E-state index in [0.717, 1.165) is 38.3 Å². The van der Waals surface area contributed by atoms with Crippen LogP contribution < -0.4 is 10.2 Å². The average Bonchev–Trinajstić information content (AvgIpc) is 3.18. The van der Waals surface area contributed by atoms with E-state index < -0.39 is 0 Å². The fraction of sp³-hybridized carbons (Fsp3) is 0.588. The van der Waals surface area contributed by atoms with Crippen molar-refractivity contribution in [2.24, 2.45) is 11.8 Å². The maximum Gasteiger partial charge on any atom is 0.227 e. The van der Waals surface area contributed by atoms with Crippen LogP contribution in [0.1, 0.15) is 18.9 Å². The van der Waals surface area contributed by atoms with Crippen LogP contribution in [-0.4, -0.2) is 44.0 Å². The lowest BCUT2D eigenvalue weighted by molar-refractivity contribution is -0.117. The summed E-state index contributed by atoms with van der Waals surface area (Å²) in [6.07, 6.45) is 1.03. The molecule has 2 aliphatic rings. The molecule has 2 atom stereocenters. The fourth-order valence-electron chi connectivity index (χ4n) is 3.06. The Morgan fingerprint density at radius 3 is 2.48 bits per heavy atom. The lowest BCUT2D eigenvalue weighted by atomic mass is 10.1. The van der Waals surface area contributed by atoms with Crippen LogP contribution in [0.3, 0.4) is 0 Å². The van der Waals surface area contributed by atoms with Crippen molar-refractivity contribution in [3.63, 3.8) is 0 Å². The van der Waals surface area contributed by atoms with Crippen LogP contribution in [0.25, 0.3) is 0 Å². The maximum absolute atomic E-state index is 12.0. The minimum atomic E-state index is 0.175. The third kappa shape index (κ3) is 3.21. The van der Waals surface area contributed by atoms with Crippen LogP contribution in [0, 0.1) is 18.8 Å². The van der Waals surface area contributed by atoms with E-state index in [1.165, 1.54) is 11.3 Å². The van der Waals surface area contributed by atoms with Crippen molar-refractivity contribution in [1.29, 1.82) is 0 Å². The van der Waals surface area contributed by atoms with Crippen LogP contribution in [0.2, 0.25) is 0 Å². The van der Waals surface area contributed by atoms with E-state index in [0.29, 0.717) is 5.92 Å². The summed E-state index contributed by atoms with van der Waals surface area (Å²) in [7, 11) is 2.17. The minimum absolute atomic E-state index is 0.175. The van der Waals surface area contributed by atoms with Crippen LogP contribution in [0.4, 0.5) is 11.4 Å². The molecule has 1 aromatic carbocycles. The first-order chi connectivity index (χ1) is 10.0. The lowest BCUT2D eigenvalue weighted by Crippen LogP contribution is -2.44. The number of carbonyl (C=O) groups excluding carboxylic acids is 1. The standard InChI is InChI=1S/C17H25N3O/c1-12-11-15(12)17(21)18-14-4-5-16(13(2)10-14)20-8-6-19(3)7-9-20/h4-5,10,12,15H,6-9,11H2,1-3H3,(H,18,21). The third-order valence-corrected chi connectivity index (χ3v) is 4.75. The monoisotopic (exact) mass is 287 g/mol. The number of hydrogen-bond donors (Lipinski definition) is 1. The van der Waals surface area contributed by atoms with Crippen molar-refractivity contribution in [3.05, 3.63) is 23.8 Å². The number of likely N-dealkylation sites (N-methyl/N-ethyl adjacent to an activating group) is 1. The summed E-state index contributed by atoms with van der Waals surface area (Å²) in [5.74, 6) is 0.951. The number of aryl methyl sites for hydroxylation is 1. The Balaban J connectivity index is 1.66. The Hall–Kier alpha value is -1.55. The number of carbonyl (C=O) groups is 1. The molecule has 21 heavy (non-hydrogen) atoms. The van der Waals surface area contributed by atoms with E-state index in [2.05, 4.69) is 48.1 Å². The molecule has 1 saturated carbocycles. The smallest absolute Gasteiger partial charge is 0.227 e. The van der Waals surface area contributed by atoms with E-state index in [-0.39, 0.29) is 11.8 Å². The molecule has 1 aliphatic heterocycles. The second-order valence-electron chi connectivity index (χ2n) is 6.60. The Bertz CT molecular complexity index is 535. The normalized spacial score (nSPS) is 25.8. The first-order valence-corrected chi connectivity index (χ1v) is 7.89. The number of hydrogen-bond acceptors (Lipinski definition) is 3. The molecule has 1 aromatic rings. The van der Waals surface area contributed by atoms with Gasteiger partial charge in [0, 0.05) is 43.5 Å². The number of nitrogens with one attached hydrogen (secondary N) is 1. The SMILES string of the molecule is Cc1cc(NC(=O)C2CC2C)ccc1N1CCN(C)CC1. The molecule has 1 aliphatic carbocycles. The quantitative estimate of drug-likeness (QED) is 0.927. The summed E-state index contributed by atoms with van der Waals surface area (Å²) in [5.41, 5.74) is 3.46. The Morgan fingerprint density at radius 1 is 1.24 bits per heavy atom. The van der Waals surface area contributed by atoms with Crippen LogP contribution in [-0.2, 0) is 4.79 Å². The molecule has 0 bridgehead atoms. The van der Waals surface area contributed by atoms with Gasteiger partial charge in [0.15, 0.2) is 0 Å². The van der Waals surface area contributed by atoms with Gasteiger partial charge in [-0.2, -0.15) is 0 Å². The second kappa shape index (κ2) is 5.68. The van der Waals surface area contributed by atoms with Gasteiger partial charge in [-0.15, -0.1) is 0 Å². The first kappa shape index (κ1) is 14.4. The molecule has 4 heteroatoms. The summed E-state index contributed by atoms with van der Waals surface area (Å²) < 4.78 is 0. The molecule has 114 valence electrons. The highest BCUT2D eigenvalue weighted by Gasteiger charge is 2.39. The van der Waals surface area contributed by atoms with Crippen LogP contribution in [0.5, 0.6) is 0 Å². The van der Waals surface area contributed by atoms with Crippen molar-refractivity contribution in [2.75, 3.05) is 43.4 Å². The lowest BCUT2D eigenvalue weighted by Gasteiger charge is -2.35. The van der Waals surface area contributed by atoms with Gasteiger partial charge in [-0.05, 0) is 50.1 Å². The van der Waals surface area contributed by atoms with Gasteiger partial charge in [-0.1, -0.05) is 6.92 Å². The van der Waals surface area contributed by atoms with Gasteiger partial charge in [-0.3, -0.25) is 4.79 Å². The zero-order chi connectivity index (χ0) is 15.0. The van der Waals surface area contributed by atoms with Gasteiger partial charge in [0.05, 0.1) is 0 Å². The largest absolute Gasteiger partial charge is 0.369 e. The second-order valence-corrected chi connectivity index (χ2v) is 6.60. The van der Waals surface area contributed by atoms with Gasteiger partial charge in [0.2, 0.25) is 5.91 Å². The van der Waals surface area contributed by atoms with E-state index in [4.69, 9.17) is 0 Å². The predicted molar refractivity (Wildman–Crippen MR) is 86.8 cm³/mol. The number of benzene rings is 1. The number of piperazine rings is 1. The average molecular weight is 287 g/mol. The highest BCUT2D eigenvalue weighted by atomic mass is 16.2. The molecule has 3 rings (SSSR count). The topological polar surface area (TPSA) is 35.6 Å². The summed E-state index contributed by atoms with van der Waals surface area (Å²) in [6, 6.07) is 6.27. The number of nitrogens with zero attached hydrogens (tertiary/aromatic N) is 2. The van der Waals surface area contributed by atoms with Gasteiger partial charge in [0.1, 0.15) is 0 Å². The molecule has 0 spiro atoms. The Morgan fingerprint density at radius 2 is 1.90 bits per heavy atom. The first-order valence-electron chi connectivity index (χ1n) is 7.89. The summed E-state index contributed by atoms with van der Waals surface area (Å²) >= 11 is 0. The highest BCUT2D eigenvalue weighted by Crippen LogP contribution is 2.38. The van der Waals surface area contributed by atoms with E-state index in [9.17, 15) is 4.79 Å². The molecule has 2 unspecified atom stereocenters. The zero-order valence-corrected chi connectivity index (χ0v) is 13.2. The molecule has 1 N–H and O–H groups in total. The van der Waals surface area contributed by atoms with Crippen molar-refractivity contribution in [1.82, 2.24) is 4.90 Å². The predicted octanol–water partition coefficient (Wildman–Crippen LogP) is 2.34. The summed E-state index contributed by atoms with van der Waals surface area (Å²) in [6.45, 7) is 8.62. The summed E-state index contributed by atoms with van der Waals surface area (Å²) in [4.78, 5) is 16.8. The zero-order valence-electron chi connectivity index (χ0n) is 13.2. The van der Waals surface area contributed by atoms with E-state index >= 15 is 0 Å². The number of amides is 1. The minimum Gasteiger partial charge on any atom is -0.369 e. The molecule has 2 fully saturated rings. The molecular weight excluding hydrogens is 262 g/mol.